The summed E-state index contributed by atoms with van der Waals surface area (Å²) in [5.74, 6) is -0.602. The van der Waals surface area contributed by atoms with Gasteiger partial charge in [0.15, 0.2) is 6.61 Å². The van der Waals surface area contributed by atoms with Crippen LogP contribution in [0.2, 0.25) is 0 Å². The predicted octanol–water partition coefficient (Wildman–Crippen LogP) is 2.24. The van der Waals surface area contributed by atoms with Gasteiger partial charge >= 0.3 is 5.97 Å². The van der Waals surface area contributed by atoms with Gasteiger partial charge in [0.05, 0.1) is 5.92 Å². The molecule has 0 bridgehead atoms. The third-order valence-corrected chi connectivity index (χ3v) is 3.53. The topological polar surface area (TPSA) is 55.4 Å². The van der Waals surface area contributed by atoms with Crippen LogP contribution in [0.3, 0.4) is 0 Å². The van der Waals surface area contributed by atoms with E-state index >= 15 is 0 Å². The summed E-state index contributed by atoms with van der Waals surface area (Å²) >= 11 is 0. The van der Waals surface area contributed by atoms with Crippen molar-refractivity contribution >= 4 is 11.9 Å². The number of amides is 1. The van der Waals surface area contributed by atoms with E-state index in [4.69, 9.17) is 4.74 Å². The summed E-state index contributed by atoms with van der Waals surface area (Å²) in [6.45, 7) is 0.362. The van der Waals surface area contributed by atoms with Crippen LogP contribution in [0.1, 0.15) is 24.8 Å². The Bertz CT molecular complexity index is 496. The van der Waals surface area contributed by atoms with Crippen molar-refractivity contribution in [3.05, 3.63) is 48.0 Å². The Kier molecular flexibility index (Phi) is 6.00. The second kappa shape index (κ2) is 8.25. The second-order valence-electron chi connectivity index (χ2n) is 5.17. The van der Waals surface area contributed by atoms with E-state index in [0.29, 0.717) is 13.0 Å². The first kappa shape index (κ1) is 15.3. The zero-order valence-electron chi connectivity index (χ0n) is 12.1. The molecule has 21 heavy (non-hydrogen) atoms. The lowest BCUT2D eigenvalue weighted by Gasteiger charge is -2.16. The van der Waals surface area contributed by atoms with E-state index in [2.05, 4.69) is 11.4 Å². The van der Waals surface area contributed by atoms with E-state index in [-0.39, 0.29) is 24.4 Å². The first-order valence-corrected chi connectivity index (χ1v) is 7.38. The highest BCUT2D eigenvalue weighted by atomic mass is 16.5. The van der Waals surface area contributed by atoms with Crippen molar-refractivity contribution in [1.82, 2.24) is 5.32 Å². The number of carbonyl (C=O) groups excluding carboxylic acids is 2. The van der Waals surface area contributed by atoms with Gasteiger partial charge in [-0.05, 0) is 31.2 Å². The van der Waals surface area contributed by atoms with Gasteiger partial charge in [0.25, 0.3) is 5.91 Å². The molecule has 4 nitrogen and oxygen atoms in total. The van der Waals surface area contributed by atoms with E-state index in [1.165, 1.54) is 5.56 Å². The minimum absolute atomic E-state index is 0.0906. The summed E-state index contributed by atoms with van der Waals surface area (Å²) < 4.78 is 5.06. The minimum Gasteiger partial charge on any atom is -0.455 e. The first-order valence-electron chi connectivity index (χ1n) is 7.38. The Morgan fingerprint density at radius 3 is 2.71 bits per heavy atom. The van der Waals surface area contributed by atoms with Gasteiger partial charge in [0.1, 0.15) is 0 Å². The molecule has 0 spiro atoms. The second-order valence-corrected chi connectivity index (χ2v) is 5.17. The molecular weight excluding hydrogens is 266 g/mol. The summed E-state index contributed by atoms with van der Waals surface area (Å²) in [4.78, 5) is 23.4. The summed E-state index contributed by atoms with van der Waals surface area (Å²) in [6.07, 6.45) is 7.27. The van der Waals surface area contributed by atoms with E-state index in [1.54, 1.807) is 0 Å². The van der Waals surface area contributed by atoms with E-state index in [0.717, 1.165) is 19.3 Å². The fraction of sp³-hybridized carbons (Fsp3) is 0.412. The Morgan fingerprint density at radius 1 is 1.19 bits per heavy atom. The van der Waals surface area contributed by atoms with Gasteiger partial charge in [-0.15, -0.1) is 0 Å². The lowest BCUT2D eigenvalue weighted by Crippen LogP contribution is -2.31. The molecule has 0 saturated heterocycles. The third-order valence-electron chi connectivity index (χ3n) is 3.53. The zero-order valence-corrected chi connectivity index (χ0v) is 12.1. The highest BCUT2D eigenvalue weighted by Crippen LogP contribution is 2.19. The molecule has 0 aromatic heterocycles. The summed E-state index contributed by atoms with van der Waals surface area (Å²) in [7, 11) is 0. The molecule has 4 heteroatoms. The molecule has 0 saturated carbocycles. The summed E-state index contributed by atoms with van der Waals surface area (Å²) in [6, 6.07) is 9.93. The van der Waals surface area contributed by atoms with Crippen LogP contribution in [-0.2, 0) is 20.7 Å². The van der Waals surface area contributed by atoms with Crippen molar-refractivity contribution in [2.24, 2.45) is 5.92 Å². The maximum atomic E-state index is 11.8. The molecule has 0 fully saturated rings. The normalized spacial score (nSPS) is 17.2. The lowest BCUT2D eigenvalue weighted by molar-refractivity contribution is -0.152. The fourth-order valence-electron chi connectivity index (χ4n) is 2.30. The monoisotopic (exact) mass is 287 g/mol. The quantitative estimate of drug-likeness (QED) is 0.645. The molecule has 0 unspecified atom stereocenters. The number of esters is 1. The van der Waals surface area contributed by atoms with Crippen molar-refractivity contribution in [2.75, 3.05) is 13.2 Å². The molecule has 0 heterocycles. The first-order chi connectivity index (χ1) is 10.3. The average Bonchev–Trinajstić information content (AvgIpc) is 2.54. The molecule has 2 rings (SSSR count). The molecule has 0 aliphatic heterocycles. The molecule has 1 aliphatic rings. The maximum Gasteiger partial charge on any atom is 0.309 e. The van der Waals surface area contributed by atoms with Gasteiger partial charge in [0, 0.05) is 6.54 Å². The van der Waals surface area contributed by atoms with Gasteiger partial charge in [-0.25, -0.2) is 0 Å². The number of hydrogen-bond acceptors (Lipinski definition) is 3. The number of rotatable bonds is 6. The predicted molar refractivity (Wildman–Crippen MR) is 80.6 cm³/mol. The maximum absolute atomic E-state index is 11.8. The van der Waals surface area contributed by atoms with Crippen LogP contribution >= 0.6 is 0 Å². The standard InChI is InChI=1S/C17H21NO3/c19-16(18-12-11-14-7-3-1-4-8-14)13-21-17(20)15-9-5-2-6-10-15/h1-5,7-8,15H,6,9-13H2,(H,18,19)/t15-/m0/s1. The van der Waals surface area contributed by atoms with Crippen LogP contribution in [0.5, 0.6) is 0 Å². The molecular formula is C17H21NO3. The van der Waals surface area contributed by atoms with Crippen molar-refractivity contribution in [3.63, 3.8) is 0 Å². The Balaban J connectivity index is 1.61. The SMILES string of the molecule is O=C(COC(=O)[C@H]1CC=CCC1)NCCc1ccccc1. The van der Waals surface area contributed by atoms with E-state index < -0.39 is 0 Å². The summed E-state index contributed by atoms with van der Waals surface area (Å²) in [5.41, 5.74) is 1.17. The molecule has 1 atom stereocenters. The summed E-state index contributed by atoms with van der Waals surface area (Å²) in [5, 5.41) is 2.76. The minimum atomic E-state index is -0.266. The fourth-order valence-corrected chi connectivity index (χ4v) is 2.30. The molecule has 1 N–H and O–H groups in total. The number of hydrogen-bond donors (Lipinski definition) is 1. The van der Waals surface area contributed by atoms with Crippen molar-refractivity contribution in [2.45, 2.75) is 25.7 Å². The lowest BCUT2D eigenvalue weighted by atomic mass is 9.95. The molecule has 1 amide bonds. The van der Waals surface area contributed by atoms with E-state index in [9.17, 15) is 9.59 Å². The van der Waals surface area contributed by atoms with Gasteiger partial charge in [0.2, 0.25) is 0 Å². The van der Waals surface area contributed by atoms with Crippen molar-refractivity contribution < 1.29 is 14.3 Å². The van der Waals surface area contributed by atoms with Gasteiger partial charge in [-0.3, -0.25) is 9.59 Å². The number of ether oxygens (including phenoxy) is 1. The number of benzene rings is 1. The molecule has 1 aliphatic carbocycles. The number of allylic oxidation sites excluding steroid dienone is 2. The smallest absolute Gasteiger partial charge is 0.309 e. The highest BCUT2D eigenvalue weighted by Gasteiger charge is 2.20. The number of carbonyl (C=O) groups is 2. The van der Waals surface area contributed by atoms with Crippen LogP contribution in [-0.4, -0.2) is 25.0 Å². The van der Waals surface area contributed by atoms with E-state index in [1.807, 2.05) is 36.4 Å². The zero-order chi connectivity index (χ0) is 14.9. The van der Waals surface area contributed by atoms with Crippen molar-refractivity contribution in [1.29, 1.82) is 0 Å². The molecule has 112 valence electrons. The van der Waals surface area contributed by atoms with Crippen LogP contribution in [0.15, 0.2) is 42.5 Å². The Morgan fingerprint density at radius 2 is 2.00 bits per heavy atom. The molecule has 1 aromatic rings. The average molecular weight is 287 g/mol. The van der Waals surface area contributed by atoms with Crippen molar-refractivity contribution in [3.8, 4) is 0 Å². The van der Waals surface area contributed by atoms with Gasteiger partial charge < -0.3 is 10.1 Å². The van der Waals surface area contributed by atoms with Crippen LogP contribution in [0.4, 0.5) is 0 Å². The molecule has 0 radical (unpaired) electrons. The van der Waals surface area contributed by atoms with Crippen LogP contribution in [0.25, 0.3) is 0 Å². The van der Waals surface area contributed by atoms with Crippen LogP contribution in [0, 0.1) is 5.92 Å². The number of nitrogens with one attached hydrogen (secondary N) is 1. The van der Waals surface area contributed by atoms with Gasteiger partial charge in [-0.2, -0.15) is 0 Å². The highest BCUT2D eigenvalue weighted by molar-refractivity contribution is 5.81. The molecule has 1 aromatic carbocycles. The largest absolute Gasteiger partial charge is 0.455 e. The van der Waals surface area contributed by atoms with Crippen LogP contribution < -0.4 is 5.32 Å². The Labute approximate surface area is 125 Å². The Hall–Kier alpha value is -2.10. The third kappa shape index (κ3) is 5.42. The van der Waals surface area contributed by atoms with Gasteiger partial charge in [-0.1, -0.05) is 42.5 Å².